The number of hydrogen-bond acceptors (Lipinski definition) is 5. The maximum atomic E-state index is 12.1. The molecule has 1 N–H and O–H groups in total. The number of oxazole rings is 1. The molecule has 2 heterocycles. The van der Waals surface area contributed by atoms with E-state index < -0.39 is 0 Å². The van der Waals surface area contributed by atoms with Gasteiger partial charge in [-0.3, -0.25) is 9.69 Å². The summed E-state index contributed by atoms with van der Waals surface area (Å²) in [6, 6.07) is 3.97. The van der Waals surface area contributed by atoms with E-state index in [0.717, 1.165) is 22.9 Å². The second-order valence-electron chi connectivity index (χ2n) is 6.60. The van der Waals surface area contributed by atoms with Gasteiger partial charge in [-0.1, -0.05) is 13.0 Å². The van der Waals surface area contributed by atoms with Gasteiger partial charge in [0.25, 0.3) is 0 Å². The second-order valence-corrected chi connectivity index (χ2v) is 7.55. The lowest BCUT2D eigenvalue weighted by Crippen LogP contribution is -2.45. The predicted molar refractivity (Wildman–Crippen MR) is 93.4 cm³/mol. The topological polar surface area (TPSA) is 58.4 Å². The second kappa shape index (κ2) is 7.27. The standard InChI is InChI=1S/C17H25N3O2S/c1-6-20(11-15(21)19-17(3,4)5)10-13-12(2)22-16(18-13)14-8-7-9-23-14/h7-9H,6,10-11H2,1-5H3,(H,19,21). The molecule has 0 saturated heterocycles. The van der Waals surface area contributed by atoms with Gasteiger partial charge in [0.15, 0.2) is 0 Å². The first-order valence-corrected chi connectivity index (χ1v) is 8.70. The van der Waals surface area contributed by atoms with Crippen molar-refractivity contribution >= 4 is 17.2 Å². The summed E-state index contributed by atoms with van der Waals surface area (Å²) in [4.78, 5) is 19.8. The number of carbonyl (C=O) groups excluding carboxylic acids is 1. The molecule has 0 bridgehead atoms. The van der Waals surface area contributed by atoms with Gasteiger partial charge in [0, 0.05) is 12.1 Å². The number of thiophene rings is 1. The van der Waals surface area contributed by atoms with E-state index in [0.29, 0.717) is 19.0 Å². The molecule has 0 spiro atoms. The first-order valence-electron chi connectivity index (χ1n) is 7.82. The van der Waals surface area contributed by atoms with Crippen LogP contribution < -0.4 is 5.32 Å². The zero-order valence-electron chi connectivity index (χ0n) is 14.5. The Morgan fingerprint density at radius 1 is 1.43 bits per heavy atom. The van der Waals surface area contributed by atoms with Crippen LogP contribution in [-0.4, -0.2) is 34.4 Å². The third-order valence-corrected chi connectivity index (χ3v) is 4.18. The highest BCUT2D eigenvalue weighted by Gasteiger charge is 2.19. The van der Waals surface area contributed by atoms with Gasteiger partial charge in [0.1, 0.15) is 5.76 Å². The molecular weight excluding hydrogens is 310 g/mol. The number of amides is 1. The van der Waals surface area contributed by atoms with Crippen molar-refractivity contribution in [2.45, 2.75) is 46.7 Å². The molecule has 0 aliphatic rings. The third-order valence-electron chi connectivity index (χ3n) is 3.33. The molecule has 2 aromatic heterocycles. The molecule has 126 valence electrons. The zero-order chi connectivity index (χ0) is 17.0. The molecule has 0 aliphatic carbocycles. The SMILES string of the molecule is CCN(CC(=O)NC(C)(C)C)Cc1nc(-c2cccs2)oc1C. The zero-order valence-corrected chi connectivity index (χ0v) is 15.3. The van der Waals surface area contributed by atoms with Crippen molar-refractivity contribution in [3.63, 3.8) is 0 Å². The molecule has 0 saturated carbocycles. The number of rotatable bonds is 6. The highest BCUT2D eigenvalue weighted by molar-refractivity contribution is 7.13. The predicted octanol–water partition coefficient (Wildman–Crippen LogP) is 3.45. The lowest BCUT2D eigenvalue weighted by molar-refractivity contribution is -0.123. The van der Waals surface area contributed by atoms with Crippen molar-refractivity contribution in [2.24, 2.45) is 0 Å². The van der Waals surface area contributed by atoms with Gasteiger partial charge in [-0.15, -0.1) is 11.3 Å². The van der Waals surface area contributed by atoms with Crippen molar-refractivity contribution in [1.29, 1.82) is 0 Å². The Bertz CT molecular complexity index is 641. The summed E-state index contributed by atoms with van der Waals surface area (Å²) in [5.41, 5.74) is 0.672. The van der Waals surface area contributed by atoms with Crippen molar-refractivity contribution in [3.8, 4) is 10.8 Å². The molecule has 2 rings (SSSR count). The Labute approximate surface area is 141 Å². The fourth-order valence-corrected chi connectivity index (χ4v) is 2.88. The molecule has 6 heteroatoms. The maximum absolute atomic E-state index is 12.1. The van der Waals surface area contributed by atoms with E-state index in [1.165, 1.54) is 0 Å². The van der Waals surface area contributed by atoms with E-state index in [2.05, 4.69) is 15.2 Å². The van der Waals surface area contributed by atoms with Gasteiger partial charge in [-0.05, 0) is 45.7 Å². The number of hydrogen-bond donors (Lipinski definition) is 1. The number of likely N-dealkylation sites (N-methyl/N-ethyl adjacent to an activating group) is 1. The molecule has 0 unspecified atom stereocenters. The van der Waals surface area contributed by atoms with Crippen molar-refractivity contribution in [3.05, 3.63) is 29.0 Å². The van der Waals surface area contributed by atoms with Crippen molar-refractivity contribution < 1.29 is 9.21 Å². The highest BCUT2D eigenvalue weighted by Crippen LogP contribution is 2.26. The van der Waals surface area contributed by atoms with E-state index in [1.54, 1.807) is 11.3 Å². The van der Waals surface area contributed by atoms with Crippen LogP contribution in [0.4, 0.5) is 0 Å². The van der Waals surface area contributed by atoms with Crippen LogP contribution in [0.15, 0.2) is 21.9 Å². The lowest BCUT2D eigenvalue weighted by Gasteiger charge is -2.24. The van der Waals surface area contributed by atoms with Gasteiger partial charge < -0.3 is 9.73 Å². The smallest absolute Gasteiger partial charge is 0.236 e. The summed E-state index contributed by atoms with van der Waals surface area (Å²) < 4.78 is 5.76. The summed E-state index contributed by atoms with van der Waals surface area (Å²) in [5.74, 6) is 1.49. The van der Waals surface area contributed by atoms with E-state index >= 15 is 0 Å². The van der Waals surface area contributed by atoms with Crippen LogP contribution in [0.1, 0.15) is 39.1 Å². The van der Waals surface area contributed by atoms with Crippen LogP contribution in [0.5, 0.6) is 0 Å². The Morgan fingerprint density at radius 2 is 2.17 bits per heavy atom. The van der Waals surface area contributed by atoms with Gasteiger partial charge >= 0.3 is 0 Å². The number of aromatic nitrogens is 1. The van der Waals surface area contributed by atoms with Gasteiger partial charge in [-0.2, -0.15) is 0 Å². The first kappa shape index (κ1) is 17.7. The fourth-order valence-electron chi connectivity index (χ4n) is 2.23. The summed E-state index contributed by atoms with van der Waals surface area (Å²) in [6.45, 7) is 11.6. The van der Waals surface area contributed by atoms with Gasteiger partial charge in [-0.25, -0.2) is 4.98 Å². The number of nitrogens with one attached hydrogen (secondary N) is 1. The van der Waals surface area contributed by atoms with Gasteiger partial charge in [0.05, 0.1) is 17.1 Å². The van der Waals surface area contributed by atoms with E-state index in [-0.39, 0.29) is 11.4 Å². The third kappa shape index (κ3) is 5.18. The quantitative estimate of drug-likeness (QED) is 0.878. The molecule has 0 atom stereocenters. The largest absolute Gasteiger partial charge is 0.440 e. The molecule has 0 aromatic carbocycles. The minimum absolute atomic E-state index is 0.0268. The lowest BCUT2D eigenvalue weighted by atomic mass is 10.1. The van der Waals surface area contributed by atoms with Crippen LogP contribution >= 0.6 is 11.3 Å². The molecule has 0 radical (unpaired) electrons. The summed E-state index contributed by atoms with van der Waals surface area (Å²) >= 11 is 1.61. The van der Waals surface area contributed by atoms with Crippen molar-refractivity contribution in [2.75, 3.05) is 13.1 Å². The number of carbonyl (C=O) groups is 1. The van der Waals surface area contributed by atoms with Crippen LogP contribution in [0.25, 0.3) is 10.8 Å². The summed E-state index contributed by atoms with van der Waals surface area (Å²) in [7, 11) is 0. The molecule has 5 nitrogen and oxygen atoms in total. The van der Waals surface area contributed by atoms with Crippen LogP contribution in [0.3, 0.4) is 0 Å². The first-order chi connectivity index (χ1) is 10.8. The Kier molecular flexibility index (Phi) is 5.59. The highest BCUT2D eigenvalue weighted by atomic mass is 32.1. The molecule has 0 aliphatic heterocycles. The average Bonchev–Trinajstić information content (AvgIpc) is 3.06. The van der Waals surface area contributed by atoms with Crippen LogP contribution in [0.2, 0.25) is 0 Å². The Balaban J connectivity index is 2.03. The monoisotopic (exact) mass is 335 g/mol. The Hall–Kier alpha value is -1.66. The van der Waals surface area contributed by atoms with E-state index in [4.69, 9.17) is 4.42 Å². The molecule has 23 heavy (non-hydrogen) atoms. The minimum atomic E-state index is -0.216. The van der Waals surface area contributed by atoms with Gasteiger partial charge in [0.2, 0.25) is 11.8 Å². The Morgan fingerprint density at radius 3 is 2.74 bits per heavy atom. The van der Waals surface area contributed by atoms with Crippen LogP contribution in [-0.2, 0) is 11.3 Å². The van der Waals surface area contributed by atoms with Crippen molar-refractivity contribution in [1.82, 2.24) is 15.2 Å². The summed E-state index contributed by atoms with van der Waals surface area (Å²) in [6.07, 6.45) is 0. The normalized spacial score (nSPS) is 11.9. The number of nitrogens with zero attached hydrogens (tertiary/aromatic N) is 2. The molecular formula is C17H25N3O2S. The average molecular weight is 335 g/mol. The molecule has 2 aromatic rings. The summed E-state index contributed by atoms with van der Waals surface area (Å²) in [5, 5.41) is 4.99. The fraction of sp³-hybridized carbons (Fsp3) is 0.529. The maximum Gasteiger partial charge on any atom is 0.236 e. The molecule has 1 amide bonds. The minimum Gasteiger partial charge on any atom is -0.440 e. The number of aryl methyl sites for hydroxylation is 1. The molecule has 0 fully saturated rings. The van der Waals surface area contributed by atoms with Crippen LogP contribution in [0, 0.1) is 6.92 Å². The van der Waals surface area contributed by atoms with E-state index in [9.17, 15) is 4.79 Å². The van der Waals surface area contributed by atoms with E-state index in [1.807, 2.05) is 52.1 Å².